The highest BCUT2D eigenvalue weighted by molar-refractivity contribution is 5.91. The number of benzene rings is 3. The lowest BCUT2D eigenvalue weighted by Gasteiger charge is -2.12. The molecule has 1 unspecified atom stereocenters. The van der Waals surface area contributed by atoms with Gasteiger partial charge in [0.2, 0.25) is 0 Å². The number of nitrogens with zero attached hydrogens (tertiary/aromatic N) is 3. The van der Waals surface area contributed by atoms with Gasteiger partial charge in [0.05, 0.1) is 25.5 Å². The first-order valence-corrected chi connectivity index (χ1v) is 12.0. The summed E-state index contributed by atoms with van der Waals surface area (Å²) < 4.78 is 25.3. The highest BCUT2D eigenvalue weighted by Crippen LogP contribution is 2.41. The number of anilines is 1. The molecule has 2 aromatic heterocycles. The molecule has 6 rings (SSSR count). The van der Waals surface area contributed by atoms with Gasteiger partial charge in [-0.25, -0.2) is 9.97 Å². The average molecular weight is 495 g/mol. The van der Waals surface area contributed by atoms with Gasteiger partial charge in [-0.1, -0.05) is 18.2 Å². The van der Waals surface area contributed by atoms with E-state index >= 15 is 0 Å². The SMILES string of the molecule is COc1cccc(OCc2cccc(Oc3ccc(-n4c5c(c6ncnc(N)c64)C(C)OC5)cc3)c2)c1. The van der Waals surface area contributed by atoms with Crippen LogP contribution >= 0.6 is 0 Å². The molecule has 8 heteroatoms. The number of fused-ring (bicyclic) bond motifs is 3. The van der Waals surface area contributed by atoms with Crippen molar-refractivity contribution in [3.8, 4) is 28.7 Å². The molecular formula is C29H26N4O4. The highest BCUT2D eigenvalue weighted by Gasteiger charge is 2.30. The predicted octanol–water partition coefficient (Wildman–Crippen LogP) is 5.97. The Morgan fingerprint density at radius 2 is 1.73 bits per heavy atom. The minimum Gasteiger partial charge on any atom is -0.497 e. The summed E-state index contributed by atoms with van der Waals surface area (Å²) in [6, 6.07) is 23.3. The van der Waals surface area contributed by atoms with Gasteiger partial charge in [0.15, 0.2) is 5.82 Å². The molecule has 1 aliphatic rings. The van der Waals surface area contributed by atoms with Crippen LogP contribution in [0.2, 0.25) is 0 Å². The second kappa shape index (κ2) is 9.48. The summed E-state index contributed by atoms with van der Waals surface area (Å²) in [4.78, 5) is 8.72. The Morgan fingerprint density at radius 3 is 2.57 bits per heavy atom. The van der Waals surface area contributed by atoms with E-state index in [4.69, 9.17) is 24.7 Å². The predicted molar refractivity (Wildman–Crippen MR) is 140 cm³/mol. The molecule has 0 saturated carbocycles. The monoisotopic (exact) mass is 494 g/mol. The van der Waals surface area contributed by atoms with E-state index in [2.05, 4.69) is 14.5 Å². The third kappa shape index (κ3) is 4.32. The second-order valence-corrected chi connectivity index (χ2v) is 8.82. The molecule has 3 heterocycles. The van der Waals surface area contributed by atoms with Crippen LogP contribution < -0.4 is 19.9 Å². The van der Waals surface area contributed by atoms with Crippen molar-refractivity contribution in [2.45, 2.75) is 26.2 Å². The zero-order chi connectivity index (χ0) is 25.4. The molecule has 3 aromatic carbocycles. The van der Waals surface area contributed by atoms with Crippen molar-refractivity contribution in [2.24, 2.45) is 0 Å². The van der Waals surface area contributed by atoms with Gasteiger partial charge >= 0.3 is 0 Å². The Kier molecular flexibility index (Phi) is 5.86. The summed E-state index contributed by atoms with van der Waals surface area (Å²) in [5, 5.41) is 0. The van der Waals surface area contributed by atoms with Gasteiger partial charge in [-0.2, -0.15) is 0 Å². The standard InChI is InChI=1S/C29H26N4O4/c1-18-26-25(16-35-18)33(28-27(26)31-17-32-29(28)30)20-9-11-21(12-10-20)37-24-8-3-5-19(13-24)15-36-23-7-4-6-22(14-23)34-2/h3-14,17-18H,15-16H2,1-2H3,(H2,30,31,32). The number of rotatable bonds is 7. The van der Waals surface area contributed by atoms with Crippen LogP contribution in [0, 0.1) is 0 Å². The third-order valence-corrected chi connectivity index (χ3v) is 6.46. The quantitative estimate of drug-likeness (QED) is 0.298. The lowest BCUT2D eigenvalue weighted by atomic mass is 10.1. The number of hydrogen-bond acceptors (Lipinski definition) is 7. The Hall–Kier alpha value is -4.56. The molecule has 1 atom stereocenters. The molecule has 0 amide bonds. The van der Waals surface area contributed by atoms with Crippen LogP contribution in [-0.2, 0) is 18.0 Å². The van der Waals surface area contributed by atoms with Crippen LogP contribution in [0.25, 0.3) is 16.7 Å². The first kappa shape index (κ1) is 22.9. The van der Waals surface area contributed by atoms with E-state index in [0.29, 0.717) is 19.0 Å². The fourth-order valence-corrected chi connectivity index (χ4v) is 4.70. The van der Waals surface area contributed by atoms with Gasteiger partial charge < -0.3 is 29.2 Å². The molecule has 0 spiro atoms. The van der Waals surface area contributed by atoms with E-state index in [1.54, 1.807) is 7.11 Å². The lowest BCUT2D eigenvalue weighted by Crippen LogP contribution is -2.03. The molecule has 8 nitrogen and oxygen atoms in total. The van der Waals surface area contributed by atoms with E-state index in [1.165, 1.54) is 6.33 Å². The van der Waals surface area contributed by atoms with Gasteiger partial charge in [-0.3, -0.25) is 0 Å². The first-order valence-electron chi connectivity index (χ1n) is 12.0. The van der Waals surface area contributed by atoms with Crippen LogP contribution in [0.15, 0.2) is 79.1 Å². The lowest BCUT2D eigenvalue weighted by molar-refractivity contribution is 0.0783. The van der Waals surface area contributed by atoms with Gasteiger partial charge in [0, 0.05) is 17.3 Å². The largest absolute Gasteiger partial charge is 0.497 e. The maximum absolute atomic E-state index is 6.27. The second-order valence-electron chi connectivity index (χ2n) is 8.82. The Bertz CT molecular complexity index is 1580. The minimum atomic E-state index is -0.0455. The number of nitrogen functional groups attached to an aromatic ring is 1. The maximum atomic E-state index is 6.27. The average Bonchev–Trinajstić information content (AvgIpc) is 3.47. The smallest absolute Gasteiger partial charge is 0.151 e. The Labute approximate surface area is 214 Å². The molecule has 186 valence electrons. The highest BCUT2D eigenvalue weighted by atomic mass is 16.5. The van der Waals surface area contributed by atoms with Gasteiger partial charge in [-0.05, 0) is 61.0 Å². The van der Waals surface area contributed by atoms with Gasteiger partial charge in [-0.15, -0.1) is 0 Å². The summed E-state index contributed by atoms with van der Waals surface area (Å²) in [6.07, 6.45) is 1.45. The molecular weight excluding hydrogens is 468 g/mol. The summed E-state index contributed by atoms with van der Waals surface area (Å²) in [7, 11) is 1.64. The minimum absolute atomic E-state index is 0.0455. The van der Waals surface area contributed by atoms with Crippen molar-refractivity contribution in [1.82, 2.24) is 14.5 Å². The van der Waals surface area contributed by atoms with E-state index in [0.717, 1.165) is 56.5 Å². The van der Waals surface area contributed by atoms with Crippen LogP contribution in [0.4, 0.5) is 5.82 Å². The van der Waals surface area contributed by atoms with Crippen LogP contribution in [-0.4, -0.2) is 21.6 Å². The van der Waals surface area contributed by atoms with Crippen LogP contribution in [0.1, 0.15) is 29.8 Å². The fraction of sp³-hybridized carbons (Fsp3) is 0.172. The first-order chi connectivity index (χ1) is 18.1. The molecule has 0 saturated heterocycles. The molecule has 2 N–H and O–H groups in total. The van der Waals surface area contributed by atoms with E-state index < -0.39 is 0 Å². The van der Waals surface area contributed by atoms with Crippen LogP contribution in [0.3, 0.4) is 0 Å². The van der Waals surface area contributed by atoms with Crippen molar-refractivity contribution < 1.29 is 18.9 Å². The molecule has 1 aliphatic heterocycles. The van der Waals surface area contributed by atoms with Crippen molar-refractivity contribution >= 4 is 16.9 Å². The topological polar surface area (TPSA) is 93.7 Å². The Balaban J connectivity index is 1.22. The molecule has 0 fully saturated rings. The summed E-state index contributed by atoms with van der Waals surface area (Å²) >= 11 is 0. The molecule has 37 heavy (non-hydrogen) atoms. The zero-order valence-corrected chi connectivity index (χ0v) is 20.5. The molecule has 0 aliphatic carbocycles. The number of aromatic nitrogens is 3. The molecule has 0 radical (unpaired) electrons. The molecule has 5 aromatic rings. The summed E-state index contributed by atoms with van der Waals surface area (Å²) in [5.74, 6) is 3.40. The van der Waals surface area contributed by atoms with Crippen molar-refractivity contribution in [2.75, 3.05) is 12.8 Å². The van der Waals surface area contributed by atoms with Gasteiger partial charge in [0.1, 0.15) is 47.0 Å². The number of nitrogens with two attached hydrogens (primary N) is 1. The number of hydrogen-bond donors (Lipinski definition) is 1. The maximum Gasteiger partial charge on any atom is 0.151 e. The third-order valence-electron chi connectivity index (χ3n) is 6.46. The van der Waals surface area contributed by atoms with Crippen LogP contribution in [0.5, 0.6) is 23.0 Å². The normalized spacial score (nSPS) is 14.5. The number of methoxy groups -OCH3 is 1. The van der Waals surface area contributed by atoms with Crippen molar-refractivity contribution in [3.05, 3.63) is 95.9 Å². The van der Waals surface area contributed by atoms with Crippen molar-refractivity contribution in [1.29, 1.82) is 0 Å². The molecule has 0 bridgehead atoms. The summed E-state index contributed by atoms with van der Waals surface area (Å²) in [5.41, 5.74) is 12.0. The van der Waals surface area contributed by atoms with Crippen molar-refractivity contribution in [3.63, 3.8) is 0 Å². The fourth-order valence-electron chi connectivity index (χ4n) is 4.70. The van der Waals surface area contributed by atoms with E-state index in [1.807, 2.05) is 79.7 Å². The van der Waals surface area contributed by atoms with E-state index in [-0.39, 0.29) is 6.10 Å². The zero-order valence-electron chi connectivity index (χ0n) is 20.5. The Morgan fingerprint density at radius 1 is 0.946 bits per heavy atom. The number of ether oxygens (including phenoxy) is 4. The van der Waals surface area contributed by atoms with E-state index in [9.17, 15) is 0 Å². The summed E-state index contributed by atoms with van der Waals surface area (Å²) in [6.45, 7) is 2.94. The van der Waals surface area contributed by atoms with Gasteiger partial charge in [0.25, 0.3) is 0 Å².